The van der Waals surface area contributed by atoms with Crippen LogP contribution in [0.15, 0.2) is 53.4 Å². The number of anilines is 1. The van der Waals surface area contributed by atoms with Gasteiger partial charge in [-0.05, 0) is 43.2 Å². The molecule has 126 valence electrons. The fourth-order valence-corrected chi connectivity index (χ4v) is 4.29. The lowest BCUT2D eigenvalue weighted by atomic mass is 10.1. The van der Waals surface area contributed by atoms with Crippen molar-refractivity contribution in [3.05, 3.63) is 54.1 Å². The number of carbonyl (C=O) groups excluding carboxylic acids is 1. The topological polar surface area (TPSA) is 38.3 Å². The number of rotatable bonds is 6. The molecule has 2 aromatic carbocycles. The quantitative estimate of drug-likeness (QED) is 0.811. The molecule has 1 aliphatic rings. The van der Waals surface area contributed by atoms with Crippen LogP contribution in [0.25, 0.3) is 0 Å². The zero-order valence-corrected chi connectivity index (χ0v) is 14.8. The maximum Gasteiger partial charge on any atom is 0.228 e. The van der Waals surface area contributed by atoms with Gasteiger partial charge in [-0.1, -0.05) is 31.0 Å². The monoisotopic (exact) mass is 341 g/mol. The molecule has 0 atom stereocenters. The van der Waals surface area contributed by atoms with E-state index in [1.807, 2.05) is 48.2 Å². The van der Waals surface area contributed by atoms with Crippen molar-refractivity contribution in [2.24, 2.45) is 0 Å². The predicted molar refractivity (Wildman–Crippen MR) is 99.9 cm³/mol. The minimum absolute atomic E-state index is 0.0318. The third kappa shape index (κ3) is 4.54. The SMILES string of the molecule is COc1ccccc1CC(=O)Nc1ccc(SC2CCCC2)cc1. The highest BCUT2D eigenvalue weighted by Gasteiger charge is 2.16. The molecule has 3 rings (SSSR count). The van der Waals surface area contributed by atoms with Crippen molar-refractivity contribution < 1.29 is 9.53 Å². The molecule has 2 aromatic rings. The molecule has 4 heteroatoms. The molecule has 1 aliphatic carbocycles. The summed E-state index contributed by atoms with van der Waals surface area (Å²) >= 11 is 1.96. The van der Waals surface area contributed by atoms with E-state index in [0.29, 0.717) is 6.42 Å². The lowest BCUT2D eigenvalue weighted by molar-refractivity contribution is -0.115. The van der Waals surface area contributed by atoms with Crippen LogP contribution in [0.3, 0.4) is 0 Å². The standard InChI is InChI=1S/C20H23NO2S/c1-23-19-9-5-2-6-15(19)14-20(22)21-16-10-12-18(13-11-16)24-17-7-3-4-8-17/h2,5-6,9-13,17H,3-4,7-8,14H2,1H3,(H,21,22). The molecule has 24 heavy (non-hydrogen) atoms. The molecule has 0 aromatic heterocycles. The Morgan fingerprint density at radius 1 is 1.12 bits per heavy atom. The largest absolute Gasteiger partial charge is 0.496 e. The van der Waals surface area contributed by atoms with Crippen molar-refractivity contribution in [3.8, 4) is 5.75 Å². The molecule has 0 radical (unpaired) electrons. The molecular weight excluding hydrogens is 318 g/mol. The Morgan fingerprint density at radius 3 is 2.54 bits per heavy atom. The molecule has 1 saturated carbocycles. The van der Waals surface area contributed by atoms with Gasteiger partial charge in [0.15, 0.2) is 0 Å². The Balaban J connectivity index is 1.56. The van der Waals surface area contributed by atoms with Crippen LogP contribution in [-0.2, 0) is 11.2 Å². The van der Waals surface area contributed by atoms with Crippen LogP contribution < -0.4 is 10.1 Å². The van der Waals surface area contributed by atoms with Gasteiger partial charge in [0.1, 0.15) is 5.75 Å². The maximum absolute atomic E-state index is 12.2. The average molecular weight is 341 g/mol. The summed E-state index contributed by atoms with van der Waals surface area (Å²) in [5.74, 6) is 0.714. The maximum atomic E-state index is 12.2. The Bertz CT molecular complexity index is 678. The van der Waals surface area contributed by atoms with Gasteiger partial charge < -0.3 is 10.1 Å². The van der Waals surface area contributed by atoms with Crippen LogP contribution in [0.2, 0.25) is 0 Å². The fraction of sp³-hybridized carbons (Fsp3) is 0.350. The van der Waals surface area contributed by atoms with Gasteiger partial charge in [0.25, 0.3) is 0 Å². The summed E-state index contributed by atoms with van der Waals surface area (Å²) in [6.45, 7) is 0. The van der Waals surface area contributed by atoms with Gasteiger partial charge in [-0.15, -0.1) is 11.8 Å². The number of methoxy groups -OCH3 is 1. The van der Waals surface area contributed by atoms with Crippen molar-refractivity contribution in [2.45, 2.75) is 42.2 Å². The number of nitrogens with one attached hydrogen (secondary N) is 1. The van der Waals surface area contributed by atoms with Crippen LogP contribution >= 0.6 is 11.8 Å². The van der Waals surface area contributed by atoms with Crippen LogP contribution in [-0.4, -0.2) is 18.3 Å². The van der Waals surface area contributed by atoms with E-state index in [-0.39, 0.29) is 5.91 Å². The van der Waals surface area contributed by atoms with Gasteiger partial charge in [-0.3, -0.25) is 4.79 Å². The Labute approximate surface area is 147 Å². The van der Waals surface area contributed by atoms with E-state index in [1.54, 1.807) is 7.11 Å². The first-order valence-corrected chi connectivity index (χ1v) is 9.31. The molecule has 3 nitrogen and oxygen atoms in total. The Morgan fingerprint density at radius 2 is 1.83 bits per heavy atom. The van der Waals surface area contributed by atoms with E-state index in [2.05, 4.69) is 17.4 Å². The molecule has 0 bridgehead atoms. The second-order valence-electron chi connectivity index (χ2n) is 6.09. The molecule has 0 unspecified atom stereocenters. The average Bonchev–Trinajstić information content (AvgIpc) is 3.10. The summed E-state index contributed by atoms with van der Waals surface area (Å²) < 4.78 is 5.29. The minimum Gasteiger partial charge on any atom is -0.496 e. The van der Waals surface area contributed by atoms with Crippen LogP contribution in [0, 0.1) is 0 Å². The smallest absolute Gasteiger partial charge is 0.228 e. The van der Waals surface area contributed by atoms with Crippen molar-refractivity contribution in [2.75, 3.05) is 12.4 Å². The Kier molecular flexibility index (Phi) is 5.81. The highest BCUT2D eigenvalue weighted by Crippen LogP contribution is 2.34. The number of ether oxygens (including phenoxy) is 1. The first-order valence-electron chi connectivity index (χ1n) is 8.43. The molecule has 0 aliphatic heterocycles. The van der Waals surface area contributed by atoms with Gasteiger partial charge in [-0.25, -0.2) is 0 Å². The van der Waals surface area contributed by atoms with E-state index < -0.39 is 0 Å². The zero-order chi connectivity index (χ0) is 16.8. The highest BCUT2D eigenvalue weighted by molar-refractivity contribution is 8.00. The van der Waals surface area contributed by atoms with Crippen molar-refractivity contribution >= 4 is 23.4 Å². The second kappa shape index (κ2) is 8.25. The van der Waals surface area contributed by atoms with Crippen molar-refractivity contribution in [3.63, 3.8) is 0 Å². The zero-order valence-electron chi connectivity index (χ0n) is 14.0. The lowest BCUT2D eigenvalue weighted by Crippen LogP contribution is -2.14. The minimum atomic E-state index is -0.0318. The van der Waals surface area contributed by atoms with Gasteiger partial charge in [0.2, 0.25) is 5.91 Å². The highest BCUT2D eigenvalue weighted by atomic mass is 32.2. The summed E-state index contributed by atoms with van der Waals surface area (Å²) in [4.78, 5) is 13.5. The molecule has 0 spiro atoms. The summed E-state index contributed by atoms with van der Waals surface area (Å²) in [6.07, 6.45) is 5.66. The Hall–Kier alpha value is -1.94. The number of thioether (sulfide) groups is 1. The molecular formula is C20H23NO2S. The molecule has 1 N–H and O–H groups in total. The van der Waals surface area contributed by atoms with Gasteiger partial charge >= 0.3 is 0 Å². The molecule has 1 amide bonds. The first kappa shape index (κ1) is 16.9. The van der Waals surface area contributed by atoms with E-state index in [0.717, 1.165) is 22.3 Å². The van der Waals surface area contributed by atoms with Crippen LogP contribution in [0.1, 0.15) is 31.2 Å². The normalized spacial score (nSPS) is 14.5. The number of para-hydroxylation sites is 1. The summed E-state index contributed by atoms with van der Waals surface area (Å²) in [5.41, 5.74) is 1.73. The number of benzene rings is 2. The molecule has 1 fully saturated rings. The molecule has 0 saturated heterocycles. The third-order valence-corrected chi connectivity index (χ3v) is 5.64. The van der Waals surface area contributed by atoms with E-state index in [9.17, 15) is 4.79 Å². The first-order chi connectivity index (χ1) is 11.7. The van der Waals surface area contributed by atoms with Crippen LogP contribution in [0.4, 0.5) is 5.69 Å². The van der Waals surface area contributed by atoms with Crippen LogP contribution in [0.5, 0.6) is 5.75 Å². The number of carbonyl (C=O) groups is 1. The summed E-state index contributed by atoms with van der Waals surface area (Å²) in [6, 6.07) is 15.8. The van der Waals surface area contributed by atoms with Gasteiger partial charge in [0, 0.05) is 21.4 Å². The van der Waals surface area contributed by atoms with Crippen molar-refractivity contribution in [1.29, 1.82) is 0 Å². The predicted octanol–water partition coefficient (Wildman–Crippen LogP) is 4.91. The van der Waals surface area contributed by atoms with E-state index in [4.69, 9.17) is 4.74 Å². The lowest BCUT2D eigenvalue weighted by Gasteiger charge is -2.11. The fourth-order valence-electron chi connectivity index (χ4n) is 3.04. The number of hydrogen-bond acceptors (Lipinski definition) is 3. The second-order valence-corrected chi connectivity index (χ2v) is 7.46. The third-order valence-electron chi connectivity index (χ3n) is 4.29. The van der Waals surface area contributed by atoms with Gasteiger partial charge in [-0.2, -0.15) is 0 Å². The van der Waals surface area contributed by atoms with E-state index in [1.165, 1.54) is 30.6 Å². The van der Waals surface area contributed by atoms with E-state index >= 15 is 0 Å². The summed E-state index contributed by atoms with van der Waals surface area (Å²) in [5, 5.41) is 3.72. The van der Waals surface area contributed by atoms with Crippen molar-refractivity contribution in [1.82, 2.24) is 0 Å². The number of hydrogen-bond donors (Lipinski definition) is 1. The number of amides is 1. The summed E-state index contributed by atoms with van der Waals surface area (Å²) in [7, 11) is 1.62. The molecule has 0 heterocycles. The van der Waals surface area contributed by atoms with Gasteiger partial charge in [0.05, 0.1) is 13.5 Å².